The first kappa shape index (κ1) is 20.2. The smallest absolute Gasteiger partial charge is 0.371 e. The average molecular weight is 414 g/mol. The quantitative estimate of drug-likeness (QED) is 0.564. The Bertz CT molecular complexity index is 1180. The lowest BCUT2D eigenvalue weighted by Crippen LogP contribution is -2.14. The molecule has 8 nitrogen and oxygen atoms in total. The predicted molar refractivity (Wildman–Crippen MR) is 107 cm³/mol. The molecule has 1 aromatic heterocycles. The van der Waals surface area contributed by atoms with Crippen molar-refractivity contribution in [1.29, 1.82) is 0 Å². The van der Waals surface area contributed by atoms with Crippen LogP contribution in [0.1, 0.15) is 23.0 Å². The van der Waals surface area contributed by atoms with Crippen molar-refractivity contribution in [3.63, 3.8) is 0 Å². The molecule has 0 aliphatic heterocycles. The Hall–Kier alpha value is -3.59. The molecule has 0 atom stereocenters. The van der Waals surface area contributed by atoms with E-state index in [4.69, 9.17) is 9.52 Å². The molecule has 3 rings (SSSR count). The molecule has 0 aliphatic rings. The van der Waals surface area contributed by atoms with Gasteiger partial charge in [-0.2, -0.15) is 0 Å². The van der Waals surface area contributed by atoms with Crippen LogP contribution < -0.4 is 10.0 Å². The number of amides is 1. The zero-order valence-electron chi connectivity index (χ0n) is 15.6. The van der Waals surface area contributed by atoms with Gasteiger partial charge in [0.15, 0.2) is 0 Å². The van der Waals surface area contributed by atoms with Crippen LogP contribution in [0, 0.1) is 6.92 Å². The fourth-order valence-corrected chi connectivity index (χ4v) is 3.75. The number of benzene rings is 2. The molecule has 150 valence electrons. The highest BCUT2D eigenvalue weighted by atomic mass is 32.2. The van der Waals surface area contributed by atoms with Gasteiger partial charge in [0, 0.05) is 18.2 Å². The Morgan fingerprint density at radius 3 is 2.28 bits per heavy atom. The molecule has 3 aromatic rings. The first-order chi connectivity index (χ1) is 13.7. The summed E-state index contributed by atoms with van der Waals surface area (Å²) >= 11 is 0. The maximum absolute atomic E-state index is 12.8. The van der Waals surface area contributed by atoms with Crippen molar-refractivity contribution in [2.75, 3.05) is 10.0 Å². The number of furan rings is 1. The fraction of sp³-hybridized carbons (Fsp3) is 0.100. The molecule has 1 heterocycles. The van der Waals surface area contributed by atoms with Gasteiger partial charge in [-0.3, -0.25) is 9.52 Å². The molecule has 1 amide bonds. The van der Waals surface area contributed by atoms with Crippen molar-refractivity contribution in [3.05, 3.63) is 65.9 Å². The van der Waals surface area contributed by atoms with Gasteiger partial charge >= 0.3 is 5.97 Å². The van der Waals surface area contributed by atoms with E-state index >= 15 is 0 Å². The number of rotatable bonds is 6. The van der Waals surface area contributed by atoms with Crippen LogP contribution in [0.2, 0.25) is 0 Å². The van der Waals surface area contributed by atoms with Gasteiger partial charge in [-0.1, -0.05) is 6.07 Å². The number of aryl methyl sites for hydroxylation is 1. The number of hydrogen-bond acceptors (Lipinski definition) is 5. The van der Waals surface area contributed by atoms with Crippen molar-refractivity contribution in [3.8, 4) is 11.3 Å². The van der Waals surface area contributed by atoms with Gasteiger partial charge < -0.3 is 14.8 Å². The first-order valence-electron chi connectivity index (χ1n) is 8.50. The summed E-state index contributed by atoms with van der Waals surface area (Å²) in [6.45, 7) is 3.16. The van der Waals surface area contributed by atoms with Crippen LogP contribution in [0.5, 0.6) is 0 Å². The van der Waals surface area contributed by atoms with E-state index in [1.807, 2.05) is 0 Å². The Balaban J connectivity index is 1.95. The maximum Gasteiger partial charge on any atom is 0.371 e. The number of aromatic carboxylic acids is 1. The van der Waals surface area contributed by atoms with Gasteiger partial charge in [0.25, 0.3) is 10.0 Å². The molecule has 3 N–H and O–H groups in total. The monoisotopic (exact) mass is 414 g/mol. The highest BCUT2D eigenvalue weighted by molar-refractivity contribution is 7.92. The minimum atomic E-state index is -3.94. The number of hydrogen-bond donors (Lipinski definition) is 3. The Morgan fingerprint density at radius 1 is 1.00 bits per heavy atom. The van der Waals surface area contributed by atoms with E-state index in [0.29, 0.717) is 11.3 Å². The third-order valence-electron chi connectivity index (χ3n) is 3.99. The molecule has 0 bridgehead atoms. The zero-order chi connectivity index (χ0) is 21.2. The van der Waals surface area contributed by atoms with E-state index in [-0.39, 0.29) is 28.0 Å². The van der Waals surface area contributed by atoms with Crippen molar-refractivity contribution in [1.82, 2.24) is 0 Å². The lowest BCUT2D eigenvalue weighted by atomic mass is 10.1. The number of nitrogens with one attached hydrogen (secondary N) is 2. The molecular formula is C20H18N2O6S. The zero-order valence-corrected chi connectivity index (χ0v) is 16.4. The molecule has 0 spiro atoms. The largest absolute Gasteiger partial charge is 0.475 e. The van der Waals surface area contributed by atoms with E-state index in [1.54, 1.807) is 25.1 Å². The van der Waals surface area contributed by atoms with Crippen molar-refractivity contribution in [2.45, 2.75) is 18.7 Å². The molecule has 0 radical (unpaired) electrons. The number of anilines is 2. The highest BCUT2D eigenvalue weighted by Gasteiger charge is 2.19. The van der Waals surface area contributed by atoms with Crippen molar-refractivity contribution in [2.24, 2.45) is 0 Å². The van der Waals surface area contributed by atoms with Crippen LogP contribution in [0.15, 0.2) is 63.9 Å². The molecule has 0 fully saturated rings. The molecule has 2 aromatic carbocycles. The van der Waals surface area contributed by atoms with E-state index in [2.05, 4.69) is 10.0 Å². The standard InChI is InChI=1S/C20H18N2O6S/c1-12-3-8-16(18-9-10-19(28-18)20(24)25)17(11-12)22-29(26,27)15-6-4-14(5-7-15)21-13(2)23/h3-11,22H,1-2H3,(H,21,23)(H,24,25). The summed E-state index contributed by atoms with van der Waals surface area (Å²) in [6.07, 6.45) is 0. The Morgan fingerprint density at radius 2 is 1.69 bits per heavy atom. The van der Waals surface area contributed by atoms with Gasteiger partial charge in [0.1, 0.15) is 5.76 Å². The maximum atomic E-state index is 12.8. The summed E-state index contributed by atoms with van der Waals surface area (Å²) in [5.41, 5.74) is 1.94. The van der Waals surface area contributed by atoms with E-state index in [0.717, 1.165) is 5.56 Å². The van der Waals surface area contributed by atoms with E-state index in [9.17, 15) is 18.0 Å². The molecule has 0 saturated carbocycles. The summed E-state index contributed by atoms with van der Waals surface area (Å²) < 4.78 is 33.5. The van der Waals surface area contributed by atoms with Gasteiger partial charge in [0.2, 0.25) is 11.7 Å². The van der Waals surface area contributed by atoms with Gasteiger partial charge in [-0.15, -0.1) is 0 Å². The van der Waals surface area contributed by atoms with Gasteiger partial charge in [0.05, 0.1) is 10.6 Å². The minimum Gasteiger partial charge on any atom is -0.475 e. The predicted octanol–water partition coefficient (Wildman–Crippen LogP) is 3.71. The number of carboxylic acids is 1. The second-order valence-electron chi connectivity index (χ2n) is 6.33. The lowest BCUT2D eigenvalue weighted by Gasteiger charge is -2.13. The molecule has 0 saturated heterocycles. The normalized spacial score (nSPS) is 11.1. The molecule has 9 heteroatoms. The third kappa shape index (κ3) is 4.64. The number of carboxylic acid groups (broad SMARTS) is 1. The number of carbonyl (C=O) groups excluding carboxylic acids is 1. The lowest BCUT2D eigenvalue weighted by molar-refractivity contribution is -0.114. The van der Waals surface area contributed by atoms with Crippen molar-refractivity contribution < 1.29 is 27.5 Å². The summed E-state index contributed by atoms with van der Waals surface area (Å²) in [4.78, 5) is 22.2. The number of carbonyl (C=O) groups is 2. The fourth-order valence-electron chi connectivity index (χ4n) is 2.68. The molecular weight excluding hydrogens is 396 g/mol. The summed E-state index contributed by atoms with van der Waals surface area (Å²) in [7, 11) is -3.94. The van der Waals surface area contributed by atoms with Crippen molar-refractivity contribution >= 4 is 33.3 Å². The van der Waals surface area contributed by atoms with Crippen LogP contribution in [0.4, 0.5) is 11.4 Å². The minimum absolute atomic E-state index is 0.00438. The van der Waals surface area contributed by atoms with Crippen LogP contribution in [-0.2, 0) is 14.8 Å². The average Bonchev–Trinajstić information content (AvgIpc) is 3.11. The van der Waals surface area contributed by atoms with E-state index < -0.39 is 16.0 Å². The summed E-state index contributed by atoms with van der Waals surface area (Å²) in [5.74, 6) is -1.50. The van der Waals surface area contributed by atoms with Crippen LogP contribution in [-0.4, -0.2) is 25.4 Å². The summed E-state index contributed by atoms with van der Waals surface area (Å²) in [6, 6.07) is 13.5. The Labute approximate surface area is 167 Å². The second-order valence-corrected chi connectivity index (χ2v) is 8.01. The van der Waals surface area contributed by atoms with Gasteiger partial charge in [-0.25, -0.2) is 13.2 Å². The van der Waals surface area contributed by atoms with E-state index in [1.165, 1.54) is 43.3 Å². The summed E-state index contributed by atoms with van der Waals surface area (Å²) in [5, 5.41) is 11.6. The third-order valence-corrected chi connectivity index (χ3v) is 5.37. The van der Waals surface area contributed by atoms with Crippen LogP contribution in [0.3, 0.4) is 0 Å². The topological polar surface area (TPSA) is 126 Å². The van der Waals surface area contributed by atoms with Gasteiger partial charge in [-0.05, 0) is 61.0 Å². The highest BCUT2D eigenvalue weighted by Crippen LogP contribution is 2.32. The second kappa shape index (κ2) is 7.80. The molecule has 29 heavy (non-hydrogen) atoms. The number of sulfonamides is 1. The molecule has 0 aliphatic carbocycles. The van der Waals surface area contributed by atoms with Crippen LogP contribution in [0.25, 0.3) is 11.3 Å². The van der Waals surface area contributed by atoms with Crippen LogP contribution >= 0.6 is 0 Å². The first-order valence-corrected chi connectivity index (χ1v) is 9.98. The Kier molecular flexibility index (Phi) is 5.42. The SMILES string of the molecule is CC(=O)Nc1ccc(S(=O)(=O)Nc2cc(C)ccc2-c2ccc(C(=O)O)o2)cc1. The molecule has 0 unspecified atom stereocenters.